The van der Waals surface area contributed by atoms with Gasteiger partial charge in [-0.25, -0.2) is 4.39 Å². The van der Waals surface area contributed by atoms with Crippen LogP contribution in [-0.4, -0.2) is 18.0 Å². The molecule has 0 radical (unpaired) electrons. The third-order valence-electron chi connectivity index (χ3n) is 1.37. The lowest BCUT2D eigenvalue weighted by atomic mass is 10.1. The summed E-state index contributed by atoms with van der Waals surface area (Å²) in [6.45, 7) is 0. The van der Waals surface area contributed by atoms with Crippen molar-refractivity contribution in [3.05, 3.63) is 12.1 Å². The highest BCUT2D eigenvalue weighted by molar-refractivity contribution is 5.14. The molecule has 76 valence electrons. The molecule has 0 spiro atoms. The first-order chi connectivity index (χ1) is 5.63. The van der Waals surface area contributed by atoms with Crippen LogP contribution < -0.4 is 0 Å². The summed E-state index contributed by atoms with van der Waals surface area (Å²) in [5, 5.41) is 0. The second-order valence-electron chi connectivity index (χ2n) is 2.25. The van der Waals surface area contributed by atoms with Gasteiger partial charge in [-0.3, -0.25) is 0 Å². The molecule has 0 aliphatic carbocycles. The van der Waals surface area contributed by atoms with Crippen LogP contribution in [0.4, 0.5) is 30.7 Å². The molecule has 0 aromatic carbocycles. The van der Waals surface area contributed by atoms with Crippen LogP contribution in [0.25, 0.3) is 0 Å². The standard InChI is InChI=1S/C5HF7O/c6-2-1-13-5(11,12)4(9,10)3(2,7)8/h1H. The summed E-state index contributed by atoms with van der Waals surface area (Å²) in [4.78, 5) is 0. The molecule has 1 heterocycles. The number of alkyl halides is 6. The molecule has 1 rings (SSSR count). The molecule has 1 nitrogen and oxygen atoms in total. The minimum absolute atomic E-state index is 0.725. The van der Waals surface area contributed by atoms with E-state index < -0.39 is 30.0 Å². The van der Waals surface area contributed by atoms with Crippen LogP contribution in [0, 0.1) is 0 Å². The molecule has 0 aromatic heterocycles. The Labute approximate surface area is 66.8 Å². The van der Waals surface area contributed by atoms with Crippen LogP contribution in [0.2, 0.25) is 0 Å². The first-order valence-electron chi connectivity index (χ1n) is 2.80. The van der Waals surface area contributed by atoms with Gasteiger partial charge in [0.2, 0.25) is 5.83 Å². The molecular formula is C5HF7O. The van der Waals surface area contributed by atoms with E-state index >= 15 is 0 Å². The average Bonchev–Trinajstić information content (AvgIpc) is 1.97. The molecule has 0 aromatic rings. The lowest BCUT2D eigenvalue weighted by molar-refractivity contribution is -0.391. The van der Waals surface area contributed by atoms with Crippen molar-refractivity contribution in [2.24, 2.45) is 0 Å². The highest BCUT2D eigenvalue weighted by Gasteiger charge is 2.78. The molecule has 1 aliphatic heterocycles. The van der Waals surface area contributed by atoms with E-state index in [1.54, 1.807) is 0 Å². The molecule has 0 saturated heterocycles. The van der Waals surface area contributed by atoms with Crippen LogP contribution >= 0.6 is 0 Å². The van der Waals surface area contributed by atoms with E-state index in [1.807, 2.05) is 0 Å². The third kappa shape index (κ3) is 1.07. The summed E-state index contributed by atoms with van der Waals surface area (Å²) in [7, 11) is 0. The van der Waals surface area contributed by atoms with Gasteiger partial charge >= 0.3 is 18.0 Å². The van der Waals surface area contributed by atoms with Crippen molar-refractivity contribution in [3.63, 3.8) is 0 Å². The van der Waals surface area contributed by atoms with Gasteiger partial charge in [0.15, 0.2) is 0 Å². The molecule has 13 heavy (non-hydrogen) atoms. The van der Waals surface area contributed by atoms with Gasteiger partial charge in [-0.15, -0.1) is 0 Å². The maximum Gasteiger partial charge on any atom is 0.470 e. The van der Waals surface area contributed by atoms with E-state index in [-0.39, 0.29) is 0 Å². The Bertz CT molecular complexity index is 256. The number of allylic oxidation sites excluding steroid dienone is 1. The van der Waals surface area contributed by atoms with Crippen LogP contribution in [-0.2, 0) is 4.74 Å². The first-order valence-corrected chi connectivity index (χ1v) is 2.80. The topological polar surface area (TPSA) is 9.23 Å². The van der Waals surface area contributed by atoms with Crippen LogP contribution in [0.15, 0.2) is 12.1 Å². The van der Waals surface area contributed by atoms with Gasteiger partial charge in [0.25, 0.3) is 0 Å². The van der Waals surface area contributed by atoms with E-state index in [0.717, 1.165) is 0 Å². The van der Waals surface area contributed by atoms with Crippen molar-refractivity contribution in [2.75, 3.05) is 0 Å². The van der Waals surface area contributed by atoms with E-state index in [2.05, 4.69) is 4.74 Å². The SMILES string of the molecule is FC1=COC(F)(F)C(F)(F)C1(F)F. The Kier molecular flexibility index (Phi) is 1.79. The summed E-state index contributed by atoms with van der Waals surface area (Å²) in [6.07, 6.45) is -6.14. The predicted octanol–water partition coefficient (Wildman–Crippen LogP) is 2.69. The Morgan fingerprint density at radius 3 is 1.85 bits per heavy atom. The Balaban J connectivity index is 3.23. The quantitative estimate of drug-likeness (QED) is 0.558. The van der Waals surface area contributed by atoms with Crippen LogP contribution in [0.3, 0.4) is 0 Å². The van der Waals surface area contributed by atoms with E-state index in [9.17, 15) is 30.7 Å². The van der Waals surface area contributed by atoms with Gasteiger partial charge in [0.1, 0.15) is 6.26 Å². The zero-order valence-corrected chi connectivity index (χ0v) is 5.63. The van der Waals surface area contributed by atoms with Crippen LogP contribution in [0.1, 0.15) is 0 Å². The van der Waals surface area contributed by atoms with Crippen molar-refractivity contribution in [3.8, 4) is 0 Å². The van der Waals surface area contributed by atoms with E-state index in [1.165, 1.54) is 0 Å². The molecule has 0 amide bonds. The first kappa shape index (κ1) is 10.1. The number of halogens is 7. The fourth-order valence-corrected chi connectivity index (χ4v) is 0.606. The maximum atomic E-state index is 12.1. The lowest BCUT2D eigenvalue weighted by Gasteiger charge is -2.33. The van der Waals surface area contributed by atoms with Crippen molar-refractivity contribution < 1.29 is 35.5 Å². The van der Waals surface area contributed by atoms with Gasteiger partial charge in [-0.05, 0) is 0 Å². The molecular weight excluding hydrogens is 209 g/mol. The predicted molar refractivity (Wildman–Crippen MR) is 25.1 cm³/mol. The molecule has 0 bridgehead atoms. The molecule has 0 saturated carbocycles. The zero-order valence-electron chi connectivity index (χ0n) is 5.63. The molecule has 0 atom stereocenters. The van der Waals surface area contributed by atoms with Crippen LogP contribution in [0.5, 0.6) is 0 Å². The van der Waals surface area contributed by atoms with Gasteiger partial charge < -0.3 is 4.74 Å². The maximum absolute atomic E-state index is 12.1. The molecule has 0 fully saturated rings. The fourth-order valence-electron chi connectivity index (χ4n) is 0.606. The Morgan fingerprint density at radius 1 is 1.00 bits per heavy atom. The normalized spacial score (nSPS) is 29.0. The van der Waals surface area contributed by atoms with Gasteiger partial charge in [0, 0.05) is 0 Å². The van der Waals surface area contributed by atoms with Gasteiger partial charge in [0.05, 0.1) is 0 Å². The van der Waals surface area contributed by atoms with Gasteiger partial charge in [-0.1, -0.05) is 0 Å². The fraction of sp³-hybridized carbons (Fsp3) is 0.600. The molecule has 0 unspecified atom stereocenters. The summed E-state index contributed by atoms with van der Waals surface area (Å²) in [5.41, 5.74) is 0. The van der Waals surface area contributed by atoms with E-state index in [0.29, 0.717) is 0 Å². The van der Waals surface area contributed by atoms with Crippen molar-refractivity contribution in [1.82, 2.24) is 0 Å². The van der Waals surface area contributed by atoms with Crippen molar-refractivity contribution in [1.29, 1.82) is 0 Å². The minimum atomic E-state index is -5.89. The van der Waals surface area contributed by atoms with Crippen molar-refractivity contribution in [2.45, 2.75) is 18.0 Å². The summed E-state index contributed by atoms with van der Waals surface area (Å²) in [6, 6.07) is 0. The monoisotopic (exact) mass is 210 g/mol. The largest absolute Gasteiger partial charge is 0.470 e. The molecule has 1 aliphatic rings. The average molecular weight is 210 g/mol. The lowest BCUT2D eigenvalue weighted by Crippen LogP contribution is -2.57. The second kappa shape index (κ2) is 2.30. The number of hydrogen-bond acceptors (Lipinski definition) is 1. The van der Waals surface area contributed by atoms with Crippen molar-refractivity contribution >= 4 is 0 Å². The Morgan fingerprint density at radius 2 is 1.46 bits per heavy atom. The number of hydrogen-bond donors (Lipinski definition) is 0. The van der Waals surface area contributed by atoms with E-state index in [4.69, 9.17) is 0 Å². The zero-order chi connectivity index (χ0) is 10.5. The summed E-state index contributed by atoms with van der Waals surface area (Å²) in [5.74, 6) is -14.2. The van der Waals surface area contributed by atoms with Gasteiger partial charge in [-0.2, -0.15) is 26.3 Å². The Hall–Kier alpha value is -0.950. The highest BCUT2D eigenvalue weighted by Crippen LogP contribution is 2.52. The number of ether oxygens (including phenoxy) is 1. The molecule has 8 heteroatoms. The molecule has 0 N–H and O–H groups in total. The summed E-state index contributed by atoms with van der Waals surface area (Å²) < 4.78 is 87.2. The number of rotatable bonds is 0. The second-order valence-corrected chi connectivity index (χ2v) is 2.25. The highest BCUT2D eigenvalue weighted by atomic mass is 19.4. The minimum Gasteiger partial charge on any atom is -0.433 e. The summed E-state index contributed by atoms with van der Waals surface area (Å²) >= 11 is 0. The third-order valence-corrected chi connectivity index (χ3v) is 1.37. The smallest absolute Gasteiger partial charge is 0.433 e.